The van der Waals surface area contributed by atoms with Crippen molar-refractivity contribution >= 4 is 17.3 Å². The van der Waals surface area contributed by atoms with Gasteiger partial charge in [0.25, 0.3) is 11.6 Å². The van der Waals surface area contributed by atoms with E-state index in [1.54, 1.807) is 19.1 Å². The first-order chi connectivity index (χ1) is 14.3. The van der Waals surface area contributed by atoms with Gasteiger partial charge in [-0.3, -0.25) is 14.9 Å². The number of benzene rings is 2. The average Bonchev–Trinajstić information content (AvgIpc) is 3.22. The lowest BCUT2D eigenvalue weighted by Gasteiger charge is -2.11. The van der Waals surface area contributed by atoms with Crippen LogP contribution in [0, 0.1) is 16.0 Å². The number of carbonyl (C=O) groups is 1. The molecule has 1 amide bonds. The van der Waals surface area contributed by atoms with E-state index >= 15 is 0 Å². The Morgan fingerprint density at radius 3 is 2.43 bits per heavy atom. The van der Waals surface area contributed by atoms with E-state index in [0.29, 0.717) is 23.6 Å². The van der Waals surface area contributed by atoms with Crippen LogP contribution >= 0.6 is 0 Å². The normalized spacial score (nSPS) is 19.1. The number of amides is 1. The van der Waals surface area contributed by atoms with Gasteiger partial charge < -0.3 is 0 Å². The number of hydrogen-bond donors (Lipinski definition) is 3. The minimum Gasteiger partial charge on any atom is -0.271 e. The van der Waals surface area contributed by atoms with E-state index in [2.05, 4.69) is 59.5 Å². The molecule has 2 atom stereocenters. The summed E-state index contributed by atoms with van der Waals surface area (Å²) in [4.78, 5) is 22.8. The molecule has 1 aliphatic rings. The minimum absolute atomic E-state index is 0.0140. The van der Waals surface area contributed by atoms with Crippen molar-refractivity contribution in [2.24, 2.45) is 11.0 Å². The third-order valence-electron chi connectivity index (χ3n) is 5.08. The van der Waals surface area contributed by atoms with Crippen LogP contribution in [0.15, 0.2) is 53.6 Å². The summed E-state index contributed by atoms with van der Waals surface area (Å²) in [6.07, 6.45) is 1.66. The molecule has 1 fully saturated rings. The zero-order chi connectivity index (χ0) is 21.7. The summed E-state index contributed by atoms with van der Waals surface area (Å²) in [5, 5.41) is 14.9. The van der Waals surface area contributed by atoms with Gasteiger partial charge in [0.1, 0.15) is 6.04 Å². The highest BCUT2D eigenvalue weighted by atomic mass is 16.6. The van der Waals surface area contributed by atoms with Gasteiger partial charge in [-0.15, -0.1) is 0 Å². The van der Waals surface area contributed by atoms with Gasteiger partial charge in [0, 0.05) is 18.2 Å². The fourth-order valence-electron chi connectivity index (χ4n) is 3.41. The Balaban J connectivity index is 1.55. The molecule has 3 rings (SSSR count). The first kappa shape index (κ1) is 21.6. The molecule has 0 spiro atoms. The lowest BCUT2D eigenvalue weighted by molar-refractivity contribution is -0.384. The Morgan fingerprint density at radius 2 is 1.83 bits per heavy atom. The Bertz CT molecular complexity index is 923. The number of hydrazine groups is 1. The lowest BCUT2D eigenvalue weighted by atomic mass is 9.97. The van der Waals surface area contributed by atoms with Crippen LogP contribution in [-0.2, 0) is 11.2 Å². The quantitative estimate of drug-likeness (QED) is 0.370. The minimum atomic E-state index is -0.453. The maximum Gasteiger partial charge on any atom is 0.269 e. The van der Waals surface area contributed by atoms with Crippen molar-refractivity contribution in [3.63, 3.8) is 0 Å². The topological polar surface area (TPSA) is 109 Å². The molecule has 8 nitrogen and oxygen atoms in total. The van der Waals surface area contributed by atoms with Gasteiger partial charge in [-0.1, -0.05) is 38.1 Å². The van der Waals surface area contributed by atoms with Crippen molar-refractivity contribution in [3.05, 3.63) is 75.3 Å². The monoisotopic (exact) mass is 409 g/mol. The molecule has 1 saturated heterocycles. The number of nitro groups is 1. The molecule has 30 heavy (non-hydrogen) atoms. The maximum absolute atomic E-state index is 12.5. The van der Waals surface area contributed by atoms with Gasteiger partial charge in [0.05, 0.1) is 10.6 Å². The van der Waals surface area contributed by atoms with Crippen LogP contribution in [0.1, 0.15) is 49.9 Å². The van der Waals surface area contributed by atoms with Crippen LogP contribution in [0.3, 0.4) is 0 Å². The molecule has 1 aliphatic heterocycles. The van der Waals surface area contributed by atoms with E-state index in [1.807, 2.05) is 0 Å². The van der Waals surface area contributed by atoms with E-state index in [4.69, 9.17) is 0 Å². The average molecular weight is 409 g/mol. The first-order valence-corrected chi connectivity index (χ1v) is 10.0. The number of nitrogens with one attached hydrogen (secondary N) is 3. The lowest BCUT2D eigenvalue weighted by Crippen LogP contribution is -2.41. The largest absolute Gasteiger partial charge is 0.271 e. The summed E-state index contributed by atoms with van der Waals surface area (Å²) >= 11 is 0. The fraction of sp³-hybridized carbons (Fsp3) is 0.364. The maximum atomic E-state index is 12.5. The smallest absolute Gasteiger partial charge is 0.269 e. The second kappa shape index (κ2) is 9.60. The standard InChI is InChI=1S/C22H27N5O3/c1-14(2)12-16-4-6-18(7-5-16)20-13-21(25-24-20)22(28)26-23-15(3)17-8-10-19(11-9-17)27(29)30/h4-11,14,20-21,24-25H,12-13H2,1-3H3,(H,26,28)/b23-15+. The van der Waals surface area contributed by atoms with Gasteiger partial charge in [-0.05, 0) is 54.5 Å². The zero-order valence-electron chi connectivity index (χ0n) is 17.4. The molecule has 158 valence electrons. The molecule has 3 N–H and O–H groups in total. The Labute approximate surface area is 175 Å². The van der Waals surface area contributed by atoms with Crippen LogP contribution in [0.4, 0.5) is 5.69 Å². The van der Waals surface area contributed by atoms with Crippen LogP contribution in [0.2, 0.25) is 0 Å². The molecule has 0 aromatic heterocycles. The van der Waals surface area contributed by atoms with E-state index in [9.17, 15) is 14.9 Å². The molecular weight excluding hydrogens is 382 g/mol. The van der Waals surface area contributed by atoms with Gasteiger partial charge in [0.15, 0.2) is 0 Å². The van der Waals surface area contributed by atoms with E-state index < -0.39 is 11.0 Å². The van der Waals surface area contributed by atoms with E-state index in [-0.39, 0.29) is 17.6 Å². The van der Waals surface area contributed by atoms with Crippen molar-refractivity contribution in [1.29, 1.82) is 0 Å². The molecule has 0 aliphatic carbocycles. The number of nitrogens with zero attached hydrogens (tertiary/aromatic N) is 2. The number of carbonyl (C=O) groups excluding carboxylic acids is 1. The summed E-state index contributed by atoms with van der Waals surface area (Å²) in [6.45, 7) is 6.14. The number of nitro benzene ring substituents is 1. The van der Waals surface area contributed by atoms with Crippen molar-refractivity contribution in [3.8, 4) is 0 Å². The highest BCUT2D eigenvalue weighted by molar-refractivity contribution is 5.99. The van der Waals surface area contributed by atoms with Crippen molar-refractivity contribution in [1.82, 2.24) is 16.3 Å². The summed E-state index contributed by atoms with van der Waals surface area (Å²) < 4.78 is 0. The molecule has 1 heterocycles. The van der Waals surface area contributed by atoms with Gasteiger partial charge in [-0.2, -0.15) is 5.10 Å². The van der Waals surface area contributed by atoms with Crippen LogP contribution in [0.25, 0.3) is 0 Å². The van der Waals surface area contributed by atoms with Crippen molar-refractivity contribution < 1.29 is 9.72 Å². The van der Waals surface area contributed by atoms with Crippen molar-refractivity contribution in [2.45, 2.75) is 45.7 Å². The summed E-state index contributed by atoms with van der Waals surface area (Å²) in [5.74, 6) is 0.382. The summed E-state index contributed by atoms with van der Waals surface area (Å²) in [5.41, 5.74) is 12.5. The van der Waals surface area contributed by atoms with Gasteiger partial charge in [-0.25, -0.2) is 16.3 Å². The number of non-ortho nitro benzene ring substituents is 1. The molecule has 2 aromatic carbocycles. The predicted octanol–water partition coefficient (Wildman–Crippen LogP) is 3.24. The SMILES string of the molecule is C/C(=N\NC(=O)C1CC(c2ccc(CC(C)C)cc2)NN1)c1ccc([N+](=O)[O-])cc1. The van der Waals surface area contributed by atoms with E-state index in [1.165, 1.54) is 17.7 Å². The fourth-order valence-corrected chi connectivity index (χ4v) is 3.41. The molecule has 8 heteroatoms. The second-order valence-corrected chi connectivity index (χ2v) is 7.95. The van der Waals surface area contributed by atoms with E-state index in [0.717, 1.165) is 12.0 Å². The van der Waals surface area contributed by atoms with Gasteiger partial charge >= 0.3 is 0 Å². The highest BCUT2D eigenvalue weighted by Gasteiger charge is 2.30. The number of hydrazone groups is 1. The molecule has 0 radical (unpaired) electrons. The predicted molar refractivity (Wildman–Crippen MR) is 116 cm³/mol. The Hall–Kier alpha value is -3.10. The molecule has 2 aromatic rings. The highest BCUT2D eigenvalue weighted by Crippen LogP contribution is 2.23. The first-order valence-electron chi connectivity index (χ1n) is 10.0. The molecule has 0 bridgehead atoms. The van der Waals surface area contributed by atoms with Crippen LogP contribution in [-0.4, -0.2) is 22.6 Å². The van der Waals surface area contributed by atoms with Crippen LogP contribution in [0.5, 0.6) is 0 Å². The molecular formula is C22H27N5O3. The van der Waals surface area contributed by atoms with Crippen molar-refractivity contribution in [2.75, 3.05) is 0 Å². The number of hydrogen-bond acceptors (Lipinski definition) is 6. The van der Waals surface area contributed by atoms with Crippen LogP contribution < -0.4 is 16.3 Å². The molecule has 2 unspecified atom stereocenters. The zero-order valence-corrected chi connectivity index (χ0v) is 17.4. The third kappa shape index (κ3) is 5.49. The third-order valence-corrected chi connectivity index (χ3v) is 5.08. The Kier molecular flexibility index (Phi) is 6.91. The second-order valence-electron chi connectivity index (χ2n) is 7.95. The molecule has 0 saturated carbocycles. The summed E-state index contributed by atoms with van der Waals surface area (Å²) in [6, 6.07) is 14.2. The Morgan fingerprint density at radius 1 is 1.17 bits per heavy atom. The van der Waals surface area contributed by atoms with Gasteiger partial charge in [0.2, 0.25) is 0 Å². The summed E-state index contributed by atoms with van der Waals surface area (Å²) in [7, 11) is 0. The number of rotatable bonds is 7.